The van der Waals surface area contributed by atoms with E-state index in [4.69, 9.17) is 4.74 Å². The maximum Gasteiger partial charge on any atom is 0.416 e. The number of morpholine rings is 1. The van der Waals surface area contributed by atoms with Gasteiger partial charge >= 0.3 is 6.18 Å². The Morgan fingerprint density at radius 1 is 1.30 bits per heavy atom. The number of nitrogens with one attached hydrogen (secondary N) is 1. The third-order valence-corrected chi connectivity index (χ3v) is 4.79. The van der Waals surface area contributed by atoms with E-state index < -0.39 is 22.8 Å². The van der Waals surface area contributed by atoms with Crippen LogP contribution in [0.1, 0.15) is 22.8 Å². The van der Waals surface area contributed by atoms with Gasteiger partial charge in [0.1, 0.15) is 6.10 Å². The number of hydrogen-bond donors (Lipinski definition) is 1. The van der Waals surface area contributed by atoms with Crippen LogP contribution >= 0.6 is 0 Å². The fourth-order valence-corrected chi connectivity index (χ4v) is 3.30. The van der Waals surface area contributed by atoms with Crippen molar-refractivity contribution in [2.24, 2.45) is 4.99 Å². The zero-order chi connectivity index (χ0) is 21.7. The molecule has 0 radical (unpaired) electrons. The number of guanidine groups is 1. The highest BCUT2D eigenvalue weighted by molar-refractivity contribution is 5.80. The Bertz CT molecular complexity index is 934. The molecule has 3 rings (SSSR count). The lowest BCUT2D eigenvalue weighted by atomic mass is 10.0. The number of alkyl halides is 3. The van der Waals surface area contributed by atoms with Crippen LogP contribution in [-0.2, 0) is 17.5 Å². The lowest BCUT2D eigenvalue weighted by molar-refractivity contribution is -0.385. The van der Waals surface area contributed by atoms with Crippen LogP contribution in [0.25, 0.3) is 0 Å². The third-order valence-electron chi connectivity index (χ3n) is 4.79. The van der Waals surface area contributed by atoms with Gasteiger partial charge in [-0.05, 0) is 17.7 Å². The Labute approximate surface area is 171 Å². The van der Waals surface area contributed by atoms with Crippen molar-refractivity contribution in [3.63, 3.8) is 0 Å². The molecule has 1 unspecified atom stereocenters. The summed E-state index contributed by atoms with van der Waals surface area (Å²) in [6.07, 6.45) is -4.97. The Kier molecular flexibility index (Phi) is 6.56. The van der Waals surface area contributed by atoms with E-state index in [1.165, 1.54) is 12.1 Å². The van der Waals surface area contributed by atoms with Crippen LogP contribution in [0.4, 0.5) is 18.9 Å². The average molecular weight is 422 g/mol. The second-order valence-electron chi connectivity index (χ2n) is 6.72. The molecule has 0 aromatic heterocycles. The first-order valence-corrected chi connectivity index (χ1v) is 9.26. The molecule has 0 aliphatic carbocycles. The SMILES string of the molecule is CN=C(NCc1ccccc1[N+](=O)[O-])N1CCOC(c2cccc(C(F)(F)F)c2)C1. The molecule has 2 aromatic carbocycles. The Hall–Kier alpha value is -3.14. The van der Waals surface area contributed by atoms with Gasteiger partial charge < -0.3 is 15.0 Å². The highest BCUT2D eigenvalue weighted by Crippen LogP contribution is 2.32. The topological polar surface area (TPSA) is 80.0 Å². The van der Waals surface area contributed by atoms with E-state index in [0.29, 0.717) is 36.8 Å². The average Bonchev–Trinajstić information content (AvgIpc) is 2.74. The van der Waals surface area contributed by atoms with Gasteiger partial charge in [0.05, 0.1) is 23.6 Å². The number of aliphatic imine (C=N–C) groups is 1. The van der Waals surface area contributed by atoms with Crippen molar-refractivity contribution in [2.45, 2.75) is 18.8 Å². The fraction of sp³-hybridized carbons (Fsp3) is 0.350. The number of nitrogens with zero attached hydrogens (tertiary/aromatic N) is 3. The molecule has 1 saturated heterocycles. The number of rotatable bonds is 4. The number of para-hydroxylation sites is 1. The number of benzene rings is 2. The van der Waals surface area contributed by atoms with Crippen LogP contribution in [0.15, 0.2) is 53.5 Å². The van der Waals surface area contributed by atoms with Crippen molar-refractivity contribution in [3.05, 3.63) is 75.3 Å². The normalized spacial score (nSPS) is 17.7. The molecule has 1 atom stereocenters. The standard InChI is InChI=1S/C20H21F3N4O3/c1-24-19(25-12-15-5-2-3-8-17(15)27(28)29)26-9-10-30-18(13-26)14-6-4-7-16(11-14)20(21,22)23/h2-8,11,18H,9-10,12-13H2,1H3,(H,24,25). The maximum atomic E-state index is 13.0. The number of ether oxygens (including phenoxy) is 1. The molecular formula is C20H21F3N4O3. The van der Waals surface area contributed by atoms with E-state index in [9.17, 15) is 23.3 Å². The van der Waals surface area contributed by atoms with Gasteiger partial charge in [-0.1, -0.05) is 30.3 Å². The molecule has 7 nitrogen and oxygen atoms in total. The largest absolute Gasteiger partial charge is 0.416 e. The summed E-state index contributed by atoms with van der Waals surface area (Å²) in [7, 11) is 1.58. The van der Waals surface area contributed by atoms with Gasteiger partial charge in [-0.25, -0.2) is 0 Å². The predicted molar refractivity (Wildman–Crippen MR) is 105 cm³/mol. The molecule has 160 valence electrons. The molecule has 1 aliphatic rings. The smallest absolute Gasteiger partial charge is 0.370 e. The predicted octanol–water partition coefficient (Wildman–Crippen LogP) is 3.76. The van der Waals surface area contributed by atoms with Gasteiger partial charge in [0, 0.05) is 31.8 Å². The molecule has 30 heavy (non-hydrogen) atoms. The minimum atomic E-state index is -4.42. The Morgan fingerprint density at radius 2 is 2.07 bits per heavy atom. The first-order chi connectivity index (χ1) is 14.3. The number of nitro benzene ring substituents is 1. The van der Waals surface area contributed by atoms with Crippen molar-refractivity contribution in [1.82, 2.24) is 10.2 Å². The van der Waals surface area contributed by atoms with E-state index in [0.717, 1.165) is 12.1 Å². The minimum absolute atomic E-state index is 0.00396. The molecule has 0 amide bonds. The molecule has 2 aromatic rings. The number of halogens is 3. The van der Waals surface area contributed by atoms with Crippen molar-refractivity contribution in [1.29, 1.82) is 0 Å². The molecule has 1 heterocycles. The van der Waals surface area contributed by atoms with Crippen molar-refractivity contribution >= 4 is 11.6 Å². The summed E-state index contributed by atoms with van der Waals surface area (Å²) in [6.45, 7) is 1.30. The van der Waals surface area contributed by atoms with Crippen LogP contribution in [0.2, 0.25) is 0 Å². The summed E-state index contributed by atoms with van der Waals surface area (Å²) in [6, 6.07) is 11.5. The van der Waals surface area contributed by atoms with Gasteiger partial charge in [-0.15, -0.1) is 0 Å². The van der Waals surface area contributed by atoms with Crippen LogP contribution < -0.4 is 5.32 Å². The number of nitro groups is 1. The molecule has 0 spiro atoms. The second kappa shape index (κ2) is 9.12. The monoisotopic (exact) mass is 422 g/mol. The van der Waals surface area contributed by atoms with Gasteiger partial charge in [0.2, 0.25) is 0 Å². The lowest BCUT2D eigenvalue weighted by Crippen LogP contribution is -2.48. The molecule has 1 N–H and O–H groups in total. The molecule has 1 fully saturated rings. The number of hydrogen-bond acceptors (Lipinski definition) is 4. The Morgan fingerprint density at radius 3 is 2.77 bits per heavy atom. The minimum Gasteiger partial charge on any atom is -0.370 e. The van der Waals surface area contributed by atoms with Crippen LogP contribution in [0.5, 0.6) is 0 Å². The van der Waals surface area contributed by atoms with Crippen LogP contribution in [0.3, 0.4) is 0 Å². The maximum absolute atomic E-state index is 13.0. The van der Waals surface area contributed by atoms with Crippen LogP contribution in [-0.4, -0.2) is 42.5 Å². The second-order valence-corrected chi connectivity index (χ2v) is 6.72. The highest BCUT2D eigenvalue weighted by atomic mass is 19.4. The quantitative estimate of drug-likeness (QED) is 0.351. The van der Waals surface area contributed by atoms with Gasteiger partial charge in [0.25, 0.3) is 5.69 Å². The summed E-state index contributed by atoms with van der Waals surface area (Å²) in [5.74, 6) is 0.494. The fourth-order valence-electron chi connectivity index (χ4n) is 3.30. The van der Waals surface area contributed by atoms with Crippen molar-refractivity contribution in [3.8, 4) is 0 Å². The summed E-state index contributed by atoms with van der Waals surface area (Å²) >= 11 is 0. The van der Waals surface area contributed by atoms with Gasteiger partial charge in [-0.2, -0.15) is 13.2 Å². The summed E-state index contributed by atoms with van der Waals surface area (Å²) in [5.41, 5.74) is 0.221. The summed E-state index contributed by atoms with van der Waals surface area (Å²) in [5, 5.41) is 14.3. The highest BCUT2D eigenvalue weighted by Gasteiger charge is 2.32. The van der Waals surface area contributed by atoms with E-state index in [-0.39, 0.29) is 12.2 Å². The molecular weight excluding hydrogens is 401 g/mol. The first kappa shape index (κ1) is 21.6. The zero-order valence-corrected chi connectivity index (χ0v) is 16.2. The zero-order valence-electron chi connectivity index (χ0n) is 16.2. The summed E-state index contributed by atoms with van der Waals surface area (Å²) < 4.78 is 44.7. The van der Waals surface area contributed by atoms with E-state index in [1.807, 2.05) is 4.90 Å². The van der Waals surface area contributed by atoms with Crippen molar-refractivity contribution < 1.29 is 22.8 Å². The molecule has 10 heteroatoms. The molecule has 0 bridgehead atoms. The molecule has 0 saturated carbocycles. The van der Waals surface area contributed by atoms with Crippen LogP contribution in [0, 0.1) is 10.1 Å². The van der Waals surface area contributed by atoms with E-state index >= 15 is 0 Å². The summed E-state index contributed by atoms with van der Waals surface area (Å²) in [4.78, 5) is 16.8. The van der Waals surface area contributed by atoms with E-state index in [2.05, 4.69) is 10.3 Å². The Balaban J connectivity index is 1.70. The van der Waals surface area contributed by atoms with E-state index in [1.54, 1.807) is 31.3 Å². The molecule has 1 aliphatic heterocycles. The van der Waals surface area contributed by atoms with Gasteiger partial charge in [0.15, 0.2) is 5.96 Å². The first-order valence-electron chi connectivity index (χ1n) is 9.26. The van der Waals surface area contributed by atoms with Crippen molar-refractivity contribution in [2.75, 3.05) is 26.7 Å². The lowest BCUT2D eigenvalue weighted by Gasteiger charge is -2.35. The third kappa shape index (κ3) is 5.07. The van der Waals surface area contributed by atoms with Gasteiger partial charge in [-0.3, -0.25) is 15.1 Å².